The van der Waals surface area contributed by atoms with Gasteiger partial charge in [0.15, 0.2) is 0 Å². The Bertz CT molecular complexity index is 646. The summed E-state index contributed by atoms with van der Waals surface area (Å²) in [5.41, 5.74) is 0.763. The average molecular weight is 362 g/mol. The molecule has 0 saturated carbocycles. The van der Waals surface area contributed by atoms with Crippen molar-refractivity contribution in [3.05, 3.63) is 11.8 Å². The minimum atomic E-state index is -0.185. The van der Waals surface area contributed by atoms with Gasteiger partial charge >= 0.3 is 6.03 Å². The van der Waals surface area contributed by atoms with Crippen LogP contribution in [0.1, 0.15) is 66.5 Å². The number of anilines is 1. The molecular weight excluding hydrogens is 326 g/mol. The molecule has 0 aliphatic carbocycles. The standard InChI is InChI=1S/C20H35N5O/c1-19(2,3)16-13-17(25(22-16)20(4,5)6)21-18(26)24-12-9-15(14-24)23-10-7-8-11-23/h13,15H,7-12,14H2,1-6H3,(H,21,26). The third-order valence-electron chi connectivity index (χ3n) is 5.46. The molecule has 6 heteroatoms. The van der Waals surface area contributed by atoms with Crippen LogP contribution < -0.4 is 5.32 Å². The summed E-state index contributed by atoms with van der Waals surface area (Å²) >= 11 is 0. The first-order valence-corrected chi connectivity index (χ1v) is 9.97. The molecule has 3 rings (SSSR count). The Morgan fingerprint density at radius 2 is 1.77 bits per heavy atom. The fourth-order valence-electron chi connectivity index (χ4n) is 3.87. The largest absolute Gasteiger partial charge is 0.323 e. The molecule has 1 N–H and O–H groups in total. The Morgan fingerprint density at radius 3 is 2.35 bits per heavy atom. The van der Waals surface area contributed by atoms with Gasteiger partial charge in [0.2, 0.25) is 0 Å². The van der Waals surface area contributed by atoms with E-state index in [2.05, 4.69) is 51.8 Å². The Morgan fingerprint density at radius 1 is 1.12 bits per heavy atom. The first-order chi connectivity index (χ1) is 12.1. The molecule has 3 heterocycles. The first kappa shape index (κ1) is 19.2. The van der Waals surface area contributed by atoms with Gasteiger partial charge in [0, 0.05) is 30.6 Å². The lowest BCUT2D eigenvalue weighted by Gasteiger charge is -2.25. The monoisotopic (exact) mass is 361 g/mol. The van der Waals surface area contributed by atoms with E-state index in [9.17, 15) is 4.79 Å². The number of urea groups is 1. The van der Waals surface area contributed by atoms with Crippen LogP contribution in [-0.4, -0.2) is 57.8 Å². The van der Waals surface area contributed by atoms with Gasteiger partial charge in [-0.05, 0) is 53.1 Å². The quantitative estimate of drug-likeness (QED) is 0.875. The van der Waals surface area contributed by atoms with Crippen LogP contribution in [0.4, 0.5) is 10.6 Å². The van der Waals surface area contributed by atoms with Crippen LogP contribution in [0.25, 0.3) is 0 Å². The Kier molecular flexibility index (Phi) is 5.08. The number of hydrogen-bond donors (Lipinski definition) is 1. The molecule has 1 atom stereocenters. The van der Waals surface area contributed by atoms with Crippen molar-refractivity contribution in [2.24, 2.45) is 0 Å². The number of amides is 2. The number of likely N-dealkylation sites (tertiary alicyclic amines) is 2. The zero-order valence-corrected chi connectivity index (χ0v) is 17.3. The summed E-state index contributed by atoms with van der Waals surface area (Å²) in [5, 5.41) is 7.92. The summed E-state index contributed by atoms with van der Waals surface area (Å²) in [4.78, 5) is 17.4. The van der Waals surface area contributed by atoms with Gasteiger partial charge in [-0.25, -0.2) is 9.48 Å². The van der Waals surface area contributed by atoms with E-state index in [0.717, 1.165) is 31.0 Å². The van der Waals surface area contributed by atoms with Crippen LogP contribution in [0.2, 0.25) is 0 Å². The second kappa shape index (κ2) is 6.87. The lowest BCUT2D eigenvalue weighted by atomic mass is 9.92. The van der Waals surface area contributed by atoms with E-state index in [1.54, 1.807) is 0 Å². The van der Waals surface area contributed by atoms with Gasteiger partial charge in [-0.1, -0.05) is 20.8 Å². The molecular formula is C20H35N5O. The first-order valence-electron chi connectivity index (χ1n) is 9.97. The van der Waals surface area contributed by atoms with Gasteiger partial charge in [-0.2, -0.15) is 5.10 Å². The Balaban J connectivity index is 1.72. The van der Waals surface area contributed by atoms with Gasteiger partial charge in [0.25, 0.3) is 0 Å². The van der Waals surface area contributed by atoms with E-state index in [1.807, 2.05) is 15.6 Å². The summed E-state index contributed by atoms with van der Waals surface area (Å²) < 4.78 is 1.94. The predicted octanol–water partition coefficient (Wildman–Crippen LogP) is 3.64. The molecule has 146 valence electrons. The minimum Gasteiger partial charge on any atom is -0.323 e. The fraction of sp³-hybridized carbons (Fsp3) is 0.800. The number of nitrogens with one attached hydrogen (secondary N) is 1. The maximum absolute atomic E-state index is 12.9. The number of carbonyl (C=O) groups is 1. The van der Waals surface area contributed by atoms with E-state index < -0.39 is 0 Å². The van der Waals surface area contributed by atoms with Crippen molar-refractivity contribution in [3.8, 4) is 0 Å². The molecule has 0 aromatic carbocycles. The lowest BCUT2D eigenvalue weighted by Crippen LogP contribution is -2.39. The summed E-state index contributed by atoms with van der Waals surface area (Å²) in [6, 6.07) is 2.55. The molecule has 1 unspecified atom stereocenters. The maximum Gasteiger partial charge on any atom is 0.323 e. The summed E-state index contributed by atoms with van der Waals surface area (Å²) in [6.07, 6.45) is 3.67. The van der Waals surface area contributed by atoms with Crippen LogP contribution in [-0.2, 0) is 11.0 Å². The summed E-state index contributed by atoms with van der Waals surface area (Å²) in [5.74, 6) is 0.789. The second-order valence-corrected chi connectivity index (χ2v) is 9.81. The molecule has 26 heavy (non-hydrogen) atoms. The highest BCUT2D eigenvalue weighted by molar-refractivity contribution is 5.88. The SMILES string of the molecule is CC(C)(C)c1cc(NC(=O)N2CCC(N3CCCC3)C2)n(C(C)(C)C)n1. The molecule has 2 fully saturated rings. The van der Waals surface area contributed by atoms with Crippen LogP contribution in [0, 0.1) is 0 Å². The Labute approximate surface area is 157 Å². The van der Waals surface area contributed by atoms with E-state index in [1.165, 1.54) is 25.9 Å². The van der Waals surface area contributed by atoms with Gasteiger partial charge in [-0.15, -0.1) is 0 Å². The van der Waals surface area contributed by atoms with Crippen molar-refractivity contribution in [1.82, 2.24) is 19.6 Å². The minimum absolute atomic E-state index is 0.00226. The van der Waals surface area contributed by atoms with Gasteiger partial charge in [-0.3, -0.25) is 10.2 Å². The third-order valence-corrected chi connectivity index (χ3v) is 5.46. The lowest BCUT2D eigenvalue weighted by molar-refractivity contribution is 0.210. The van der Waals surface area contributed by atoms with E-state index >= 15 is 0 Å². The Hall–Kier alpha value is -1.56. The van der Waals surface area contributed by atoms with Crippen molar-refractivity contribution in [1.29, 1.82) is 0 Å². The van der Waals surface area contributed by atoms with Crippen LogP contribution in [0.15, 0.2) is 6.07 Å². The maximum atomic E-state index is 12.9. The van der Waals surface area contributed by atoms with E-state index in [0.29, 0.717) is 6.04 Å². The average Bonchev–Trinajstić information content (AvgIpc) is 3.25. The van der Waals surface area contributed by atoms with Crippen molar-refractivity contribution in [3.63, 3.8) is 0 Å². The highest BCUT2D eigenvalue weighted by Crippen LogP contribution is 2.29. The molecule has 0 radical (unpaired) electrons. The molecule has 2 aliphatic heterocycles. The predicted molar refractivity (Wildman–Crippen MR) is 106 cm³/mol. The van der Waals surface area contributed by atoms with Crippen LogP contribution >= 0.6 is 0 Å². The molecule has 2 aliphatic rings. The molecule has 1 aromatic heterocycles. The molecule has 6 nitrogen and oxygen atoms in total. The summed E-state index contributed by atoms with van der Waals surface area (Å²) in [6.45, 7) is 16.8. The van der Waals surface area contributed by atoms with E-state index in [-0.39, 0.29) is 17.0 Å². The smallest absolute Gasteiger partial charge is 0.323 e. The fourth-order valence-corrected chi connectivity index (χ4v) is 3.87. The molecule has 0 bridgehead atoms. The molecule has 0 spiro atoms. The molecule has 2 saturated heterocycles. The highest BCUT2D eigenvalue weighted by atomic mass is 16.2. The van der Waals surface area contributed by atoms with Crippen molar-refractivity contribution in [2.45, 2.75) is 77.8 Å². The van der Waals surface area contributed by atoms with Crippen LogP contribution in [0.3, 0.4) is 0 Å². The molecule has 2 amide bonds. The highest BCUT2D eigenvalue weighted by Gasteiger charge is 2.33. The summed E-state index contributed by atoms with van der Waals surface area (Å²) in [7, 11) is 0. The van der Waals surface area contributed by atoms with E-state index in [4.69, 9.17) is 5.10 Å². The number of nitrogens with zero attached hydrogens (tertiary/aromatic N) is 4. The number of rotatable bonds is 2. The zero-order chi connectivity index (χ0) is 19.1. The number of carbonyl (C=O) groups excluding carboxylic acids is 1. The van der Waals surface area contributed by atoms with Gasteiger partial charge < -0.3 is 4.90 Å². The third kappa shape index (κ3) is 4.05. The van der Waals surface area contributed by atoms with Gasteiger partial charge in [0.05, 0.1) is 11.2 Å². The van der Waals surface area contributed by atoms with Gasteiger partial charge in [0.1, 0.15) is 5.82 Å². The second-order valence-electron chi connectivity index (χ2n) is 9.81. The van der Waals surface area contributed by atoms with Crippen molar-refractivity contribution >= 4 is 11.8 Å². The zero-order valence-electron chi connectivity index (χ0n) is 17.3. The number of aromatic nitrogens is 2. The van der Waals surface area contributed by atoms with Crippen LogP contribution in [0.5, 0.6) is 0 Å². The molecule has 1 aromatic rings. The normalized spacial score (nSPS) is 22.2. The number of hydrogen-bond acceptors (Lipinski definition) is 3. The van der Waals surface area contributed by atoms with Crippen molar-refractivity contribution < 1.29 is 4.79 Å². The van der Waals surface area contributed by atoms with Crippen molar-refractivity contribution in [2.75, 3.05) is 31.5 Å². The topological polar surface area (TPSA) is 53.4 Å².